The number of hydrogen-bond donors (Lipinski definition) is 0. The van der Waals surface area contributed by atoms with Crippen LogP contribution >= 0.6 is 0 Å². The summed E-state index contributed by atoms with van der Waals surface area (Å²) in [6.07, 6.45) is 0. The summed E-state index contributed by atoms with van der Waals surface area (Å²) in [6.45, 7) is 3.20. The fourth-order valence-electron chi connectivity index (χ4n) is 4.27. The van der Waals surface area contributed by atoms with Gasteiger partial charge in [-0.1, -0.05) is 30.3 Å². The lowest BCUT2D eigenvalue weighted by atomic mass is 9.88. The molecule has 0 unspecified atom stereocenters. The molecule has 5 nitrogen and oxygen atoms in total. The van der Waals surface area contributed by atoms with E-state index in [-0.39, 0.29) is 36.0 Å². The van der Waals surface area contributed by atoms with E-state index in [4.69, 9.17) is 9.47 Å². The summed E-state index contributed by atoms with van der Waals surface area (Å²) in [5.41, 5.74) is 1.53. The lowest BCUT2D eigenvalue weighted by Gasteiger charge is -2.28. The fourth-order valence-corrected chi connectivity index (χ4v) is 4.27. The van der Waals surface area contributed by atoms with E-state index in [9.17, 15) is 13.6 Å². The minimum Gasteiger partial charge on any atom is -0.383 e. The second-order valence-corrected chi connectivity index (χ2v) is 7.97. The second kappa shape index (κ2) is 11.3. The highest BCUT2D eigenvalue weighted by atomic mass is 19.1. The first-order valence-corrected chi connectivity index (χ1v) is 10.5. The Morgan fingerprint density at radius 3 is 2.61 bits per heavy atom. The zero-order chi connectivity index (χ0) is 22.2. The van der Waals surface area contributed by atoms with Gasteiger partial charge in [-0.2, -0.15) is 0 Å². The molecule has 0 radical (unpaired) electrons. The molecule has 168 valence electrons. The number of nitrogens with zero attached hydrogens (tertiary/aromatic N) is 2. The Kier molecular flexibility index (Phi) is 8.51. The number of hydrogen-bond acceptors (Lipinski definition) is 4. The average Bonchev–Trinajstić information content (AvgIpc) is 3.15. The third-order valence-corrected chi connectivity index (χ3v) is 5.79. The third kappa shape index (κ3) is 6.32. The summed E-state index contributed by atoms with van der Waals surface area (Å²) in [5, 5.41) is 0. The largest absolute Gasteiger partial charge is 0.383 e. The van der Waals surface area contributed by atoms with Crippen molar-refractivity contribution in [2.45, 2.75) is 12.5 Å². The predicted molar refractivity (Wildman–Crippen MR) is 115 cm³/mol. The number of rotatable bonds is 10. The number of likely N-dealkylation sites (tertiary alicyclic amines) is 1. The van der Waals surface area contributed by atoms with Crippen LogP contribution in [-0.2, 0) is 20.8 Å². The molecule has 2 aromatic rings. The van der Waals surface area contributed by atoms with Crippen LogP contribution in [0.25, 0.3) is 0 Å². The van der Waals surface area contributed by atoms with Crippen LogP contribution in [0.5, 0.6) is 0 Å². The topological polar surface area (TPSA) is 42.0 Å². The van der Waals surface area contributed by atoms with Crippen LogP contribution in [0.15, 0.2) is 48.5 Å². The van der Waals surface area contributed by atoms with E-state index in [1.807, 2.05) is 12.1 Å². The van der Waals surface area contributed by atoms with Crippen molar-refractivity contribution in [1.29, 1.82) is 0 Å². The predicted octanol–water partition coefficient (Wildman–Crippen LogP) is 3.30. The number of amides is 1. The molecule has 1 fully saturated rings. The number of benzene rings is 2. The van der Waals surface area contributed by atoms with E-state index in [0.29, 0.717) is 44.9 Å². The number of ether oxygens (including phenoxy) is 2. The zero-order valence-electron chi connectivity index (χ0n) is 18.1. The molecular weight excluding hydrogens is 402 g/mol. The molecule has 0 aromatic heterocycles. The van der Waals surface area contributed by atoms with Crippen molar-refractivity contribution in [1.82, 2.24) is 9.80 Å². The standard InChI is InChI=1S/C24H30F2N2O3/c1-30-11-10-28(24(29)17-31-2)15-20-14-27(13-19-6-3-4-9-23(19)26)16-22(20)18-7-5-8-21(25)12-18/h3-9,12,20,22H,10-11,13-17H2,1-2H3/t20-,22+/m1/s1. The molecule has 0 spiro atoms. The first-order valence-electron chi connectivity index (χ1n) is 10.5. The number of methoxy groups -OCH3 is 2. The van der Waals surface area contributed by atoms with Crippen molar-refractivity contribution < 1.29 is 23.0 Å². The molecule has 1 aliphatic rings. The first-order chi connectivity index (χ1) is 15.0. The molecule has 3 rings (SSSR count). The molecule has 31 heavy (non-hydrogen) atoms. The van der Waals surface area contributed by atoms with E-state index >= 15 is 0 Å². The lowest BCUT2D eigenvalue weighted by molar-refractivity contribution is -0.136. The van der Waals surface area contributed by atoms with Crippen LogP contribution in [0.1, 0.15) is 17.0 Å². The monoisotopic (exact) mass is 432 g/mol. The average molecular weight is 433 g/mol. The maximum absolute atomic E-state index is 14.2. The highest BCUT2D eigenvalue weighted by Crippen LogP contribution is 2.34. The van der Waals surface area contributed by atoms with Gasteiger partial charge in [0.05, 0.1) is 6.61 Å². The summed E-state index contributed by atoms with van der Waals surface area (Å²) in [6, 6.07) is 13.4. The number of carbonyl (C=O) groups excluding carboxylic acids is 1. The molecule has 1 heterocycles. The molecule has 0 aliphatic carbocycles. The Balaban J connectivity index is 1.81. The van der Waals surface area contributed by atoms with Gasteiger partial charge >= 0.3 is 0 Å². The minimum absolute atomic E-state index is 0.00000690. The lowest BCUT2D eigenvalue weighted by Crippen LogP contribution is -2.41. The van der Waals surface area contributed by atoms with E-state index in [1.54, 1.807) is 36.3 Å². The zero-order valence-corrected chi connectivity index (χ0v) is 18.1. The molecule has 2 atom stereocenters. The van der Waals surface area contributed by atoms with Gasteiger partial charge < -0.3 is 14.4 Å². The van der Waals surface area contributed by atoms with Crippen molar-refractivity contribution in [2.24, 2.45) is 5.92 Å². The Bertz CT molecular complexity index is 864. The smallest absolute Gasteiger partial charge is 0.248 e. The fraction of sp³-hybridized carbons (Fsp3) is 0.458. The normalized spacial score (nSPS) is 19.0. The van der Waals surface area contributed by atoms with Gasteiger partial charge in [-0.05, 0) is 29.7 Å². The van der Waals surface area contributed by atoms with Crippen LogP contribution in [-0.4, -0.2) is 69.3 Å². The Labute approximate surface area is 182 Å². The van der Waals surface area contributed by atoms with E-state index in [1.165, 1.54) is 19.2 Å². The van der Waals surface area contributed by atoms with Gasteiger partial charge in [0.25, 0.3) is 0 Å². The summed E-state index contributed by atoms with van der Waals surface area (Å²) >= 11 is 0. The Morgan fingerprint density at radius 1 is 1.10 bits per heavy atom. The minimum atomic E-state index is -0.282. The van der Waals surface area contributed by atoms with Crippen LogP contribution < -0.4 is 0 Å². The molecule has 0 bridgehead atoms. The molecule has 2 aromatic carbocycles. The Morgan fingerprint density at radius 2 is 1.90 bits per heavy atom. The molecule has 1 amide bonds. The van der Waals surface area contributed by atoms with Crippen molar-refractivity contribution in [3.05, 3.63) is 71.3 Å². The van der Waals surface area contributed by atoms with Gasteiger partial charge in [-0.25, -0.2) is 8.78 Å². The number of carbonyl (C=O) groups is 1. The molecular formula is C24H30F2N2O3. The molecule has 0 saturated carbocycles. The van der Waals surface area contributed by atoms with Crippen LogP contribution in [0.4, 0.5) is 8.78 Å². The second-order valence-electron chi connectivity index (χ2n) is 7.97. The highest BCUT2D eigenvalue weighted by molar-refractivity contribution is 5.77. The quantitative estimate of drug-likeness (QED) is 0.578. The molecule has 1 saturated heterocycles. The van der Waals surface area contributed by atoms with E-state index in [0.717, 1.165) is 5.56 Å². The summed E-state index contributed by atoms with van der Waals surface area (Å²) in [5.74, 6) is -0.514. The van der Waals surface area contributed by atoms with Gasteiger partial charge in [-0.15, -0.1) is 0 Å². The summed E-state index contributed by atoms with van der Waals surface area (Å²) in [4.78, 5) is 16.5. The van der Waals surface area contributed by atoms with E-state index < -0.39 is 0 Å². The van der Waals surface area contributed by atoms with Crippen molar-refractivity contribution in [2.75, 3.05) is 53.6 Å². The third-order valence-electron chi connectivity index (χ3n) is 5.79. The van der Waals surface area contributed by atoms with Crippen LogP contribution in [0, 0.1) is 17.6 Å². The number of halogens is 2. The van der Waals surface area contributed by atoms with Gasteiger partial charge in [0.15, 0.2) is 0 Å². The maximum Gasteiger partial charge on any atom is 0.248 e. The summed E-state index contributed by atoms with van der Waals surface area (Å²) < 4.78 is 38.3. The van der Waals surface area contributed by atoms with Gasteiger partial charge in [0.2, 0.25) is 5.91 Å². The molecule has 0 N–H and O–H groups in total. The van der Waals surface area contributed by atoms with Gasteiger partial charge in [0, 0.05) is 58.4 Å². The first kappa shape index (κ1) is 23.3. The SMILES string of the molecule is COCCN(C[C@H]1CN(Cc2ccccc2F)C[C@H]1c1cccc(F)c1)C(=O)COC. The van der Waals surface area contributed by atoms with Crippen molar-refractivity contribution in [3.63, 3.8) is 0 Å². The summed E-state index contributed by atoms with van der Waals surface area (Å²) in [7, 11) is 3.09. The van der Waals surface area contributed by atoms with Crippen molar-refractivity contribution >= 4 is 5.91 Å². The van der Waals surface area contributed by atoms with Crippen molar-refractivity contribution in [3.8, 4) is 0 Å². The van der Waals surface area contributed by atoms with Crippen LogP contribution in [0.3, 0.4) is 0 Å². The van der Waals surface area contributed by atoms with E-state index in [2.05, 4.69) is 4.90 Å². The molecule has 1 aliphatic heterocycles. The van der Waals surface area contributed by atoms with Gasteiger partial charge in [0.1, 0.15) is 18.2 Å². The van der Waals surface area contributed by atoms with Gasteiger partial charge in [-0.3, -0.25) is 9.69 Å². The molecule has 7 heteroatoms. The highest BCUT2D eigenvalue weighted by Gasteiger charge is 2.36. The Hall–Kier alpha value is -2.35. The van der Waals surface area contributed by atoms with Crippen LogP contribution in [0.2, 0.25) is 0 Å². The maximum atomic E-state index is 14.2.